The largest absolute Gasteiger partial charge is 0.395 e. The van der Waals surface area contributed by atoms with Crippen molar-refractivity contribution < 1.29 is 5.11 Å². The van der Waals surface area contributed by atoms with Crippen LogP contribution in [-0.4, -0.2) is 59.3 Å². The Labute approximate surface area is 107 Å². The fourth-order valence-corrected chi connectivity index (χ4v) is 2.19. The normalized spacial score (nSPS) is 20.0. The van der Waals surface area contributed by atoms with Crippen LogP contribution >= 0.6 is 0 Å². The van der Waals surface area contributed by atoms with Gasteiger partial charge in [-0.3, -0.25) is 0 Å². The minimum absolute atomic E-state index is 0.0969. The van der Waals surface area contributed by atoms with Crippen LogP contribution in [0.2, 0.25) is 0 Å². The predicted octanol–water partition coefficient (Wildman–Crippen LogP) is 0.387. The highest BCUT2D eigenvalue weighted by Crippen LogP contribution is 2.15. The van der Waals surface area contributed by atoms with Gasteiger partial charge in [-0.25, -0.2) is 9.97 Å². The summed E-state index contributed by atoms with van der Waals surface area (Å²) in [5.74, 6) is 1.56. The van der Waals surface area contributed by atoms with Crippen LogP contribution in [0.15, 0.2) is 12.4 Å². The van der Waals surface area contributed by atoms with E-state index < -0.39 is 0 Å². The summed E-state index contributed by atoms with van der Waals surface area (Å²) in [5, 5.41) is 15.1. The Kier molecular flexibility index (Phi) is 4.72. The fraction of sp³-hybridized carbons (Fsp3) is 0.667. The number of hydrogen-bond acceptors (Lipinski definition) is 6. The van der Waals surface area contributed by atoms with Crippen LogP contribution < -0.4 is 10.6 Å². The summed E-state index contributed by atoms with van der Waals surface area (Å²) in [7, 11) is 2.16. The van der Waals surface area contributed by atoms with Gasteiger partial charge in [0, 0.05) is 25.2 Å². The lowest BCUT2D eigenvalue weighted by Gasteiger charge is -2.20. The van der Waals surface area contributed by atoms with E-state index in [4.69, 9.17) is 5.11 Å². The van der Waals surface area contributed by atoms with E-state index in [1.54, 1.807) is 0 Å². The lowest BCUT2D eigenvalue weighted by atomic mass is 10.2. The molecule has 1 unspecified atom stereocenters. The maximum absolute atomic E-state index is 8.75. The van der Waals surface area contributed by atoms with Crippen molar-refractivity contribution >= 4 is 11.6 Å². The van der Waals surface area contributed by atoms with Gasteiger partial charge in [0.25, 0.3) is 0 Å². The number of likely N-dealkylation sites (tertiary alicyclic amines) is 1. The second kappa shape index (κ2) is 6.51. The standard InChI is InChI=1S/C12H21N5O/c1-17-5-2-3-10(17)8-14-12-7-11(13-4-6-18)15-9-16-12/h7,9-10,18H,2-6,8H2,1H3,(H2,13,14,15,16). The maximum atomic E-state index is 8.75. The van der Waals surface area contributed by atoms with Gasteiger partial charge in [0.05, 0.1) is 6.61 Å². The van der Waals surface area contributed by atoms with E-state index in [0.29, 0.717) is 12.6 Å². The van der Waals surface area contributed by atoms with Gasteiger partial charge < -0.3 is 20.6 Å². The van der Waals surface area contributed by atoms with Gasteiger partial charge in [0.2, 0.25) is 0 Å². The molecule has 0 bridgehead atoms. The SMILES string of the molecule is CN1CCCC1CNc1cc(NCCO)ncn1. The molecule has 0 spiro atoms. The number of aliphatic hydroxyl groups is 1. The van der Waals surface area contributed by atoms with Crippen LogP contribution in [0.25, 0.3) is 0 Å². The molecular formula is C12H21N5O. The van der Waals surface area contributed by atoms with Crippen molar-refractivity contribution in [3.05, 3.63) is 12.4 Å². The Hall–Kier alpha value is -1.40. The average molecular weight is 251 g/mol. The topological polar surface area (TPSA) is 73.3 Å². The van der Waals surface area contributed by atoms with Crippen molar-refractivity contribution in [1.82, 2.24) is 14.9 Å². The summed E-state index contributed by atoms with van der Waals surface area (Å²) in [6.07, 6.45) is 4.04. The first kappa shape index (κ1) is 13.0. The molecule has 1 fully saturated rings. The van der Waals surface area contributed by atoms with Gasteiger partial charge >= 0.3 is 0 Å². The number of aliphatic hydroxyl groups excluding tert-OH is 1. The summed E-state index contributed by atoms with van der Waals surface area (Å²) in [4.78, 5) is 10.7. The number of likely N-dealkylation sites (N-methyl/N-ethyl adjacent to an activating group) is 1. The molecule has 100 valence electrons. The Morgan fingerprint density at radius 3 is 2.83 bits per heavy atom. The maximum Gasteiger partial charge on any atom is 0.131 e. The third-order valence-corrected chi connectivity index (χ3v) is 3.28. The quantitative estimate of drug-likeness (QED) is 0.679. The Morgan fingerprint density at radius 1 is 1.39 bits per heavy atom. The Balaban J connectivity index is 1.84. The van der Waals surface area contributed by atoms with Gasteiger partial charge in [0.15, 0.2) is 0 Å². The molecule has 2 rings (SSSR count). The summed E-state index contributed by atoms with van der Waals surface area (Å²) in [5.41, 5.74) is 0. The summed E-state index contributed by atoms with van der Waals surface area (Å²) in [6.45, 7) is 2.69. The zero-order valence-electron chi connectivity index (χ0n) is 10.8. The molecule has 1 saturated heterocycles. The van der Waals surface area contributed by atoms with E-state index in [1.807, 2.05) is 6.07 Å². The van der Waals surface area contributed by atoms with Crippen molar-refractivity contribution in [1.29, 1.82) is 0 Å². The predicted molar refractivity (Wildman–Crippen MR) is 71.7 cm³/mol. The molecule has 18 heavy (non-hydrogen) atoms. The third-order valence-electron chi connectivity index (χ3n) is 3.28. The highest BCUT2D eigenvalue weighted by Gasteiger charge is 2.20. The second-order valence-electron chi connectivity index (χ2n) is 4.60. The van der Waals surface area contributed by atoms with E-state index in [9.17, 15) is 0 Å². The van der Waals surface area contributed by atoms with Gasteiger partial charge in [-0.2, -0.15) is 0 Å². The lowest BCUT2D eigenvalue weighted by molar-refractivity contribution is 0.311. The molecule has 2 heterocycles. The van der Waals surface area contributed by atoms with Crippen LogP contribution in [-0.2, 0) is 0 Å². The molecule has 6 nitrogen and oxygen atoms in total. The van der Waals surface area contributed by atoms with Crippen molar-refractivity contribution in [3.8, 4) is 0 Å². The molecule has 0 aromatic carbocycles. The molecular weight excluding hydrogens is 230 g/mol. The highest BCUT2D eigenvalue weighted by molar-refractivity contribution is 5.46. The summed E-state index contributed by atoms with van der Waals surface area (Å²) in [6, 6.07) is 2.46. The zero-order chi connectivity index (χ0) is 12.8. The molecule has 3 N–H and O–H groups in total. The average Bonchev–Trinajstić information content (AvgIpc) is 2.80. The van der Waals surface area contributed by atoms with Crippen molar-refractivity contribution in [2.24, 2.45) is 0 Å². The molecule has 1 aliphatic heterocycles. The van der Waals surface area contributed by atoms with Crippen molar-refractivity contribution in [3.63, 3.8) is 0 Å². The first-order valence-corrected chi connectivity index (χ1v) is 6.40. The van der Waals surface area contributed by atoms with E-state index in [-0.39, 0.29) is 6.61 Å². The van der Waals surface area contributed by atoms with Gasteiger partial charge in [-0.1, -0.05) is 0 Å². The molecule has 0 saturated carbocycles. The van der Waals surface area contributed by atoms with E-state index in [2.05, 4.69) is 32.5 Å². The van der Waals surface area contributed by atoms with E-state index in [0.717, 1.165) is 18.2 Å². The third kappa shape index (κ3) is 3.54. The Bertz CT molecular complexity index is 373. The zero-order valence-corrected chi connectivity index (χ0v) is 10.8. The first-order chi connectivity index (χ1) is 8.79. The molecule has 0 amide bonds. The van der Waals surface area contributed by atoms with Crippen LogP contribution in [0.1, 0.15) is 12.8 Å². The number of nitrogens with one attached hydrogen (secondary N) is 2. The second-order valence-corrected chi connectivity index (χ2v) is 4.60. The smallest absolute Gasteiger partial charge is 0.131 e. The molecule has 0 aliphatic carbocycles. The minimum Gasteiger partial charge on any atom is -0.395 e. The molecule has 1 aromatic rings. The van der Waals surface area contributed by atoms with E-state index >= 15 is 0 Å². The van der Waals surface area contributed by atoms with Crippen LogP contribution in [0.4, 0.5) is 11.6 Å². The summed E-state index contributed by atoms with van der Waals surface area (Å²) >= 11 is 0. The Morgan fingerprint density at radius 2 is 2.17 bits per heavy atom. The highest BCUT2D eigenvalue weighted by atomic mass is 16.3. The van der Waals surface area contributed by atoms with Gasteiger partial charge in [-0.15, -0.1) is 0 Å². The number of hydrogen-bond donors (Lipinski definition) is 3. The van der Waals surface area contributed by atoms with E-state index in [1.165, 1.54) is 25.7 Å². The van der Waals surface area contributed by atoms with Gasteiger partial charge in [0.1, 0.15) is 18.0 Å². The molecule has 0 radical (unpaired) electrons. The van der Waals surface area contributed by atoms with Crippen molar-refractivity contribution in [2.75, 3.05) is 43.9 Å². The molecule has 1 aliphatic rings. The molecule has 6 heteroatoms. The summed E-state index contributed by atoms with van der Waals surface area (Å²) < 4.78 is 0. The van der Waals surface area contributed by atoms with Crippen LogP contribution in [0.5, 0.6) is 0 Å². The number of nitrogens with zero attached hydrogens (tertiary/aromatic N) is 3. The lowest BCUT2D eigenvalue weighted by Crippen LogP contribution is -2.31. The van der Waals surface area contributed by atoms with Crippen LogP contribution in [0, 0.1) is 0 Å². The van der Waals surface area contributed by atoms with Gasteiger partial charge in [-0.05, 0) is 26.4 Å². The molecule has 1 atom stereocenters. The number of rotatable bonds is 6. The number of anilines is 2. The molecule has 1 aromatic heterocycles. The fourth-order valence-electron chi connectivity index (χ4n) is 2.19. The minimum atomic E-state index is 0.0969. The first-order valence-electron chi connectivity index (χ1n) is 6.40. The van der Waals surface area contributed by atoms with Crippen LogP contribution in [0.3, 0.4) is 0 Å². The number of aromatic nitrogens is 2. The van der Waals surface area contributed by atoms with Crippen molar-refractivity contribution in [2.45, 2.75) is 18.9 Å². The monoisotopic (exact) mass is 251 g/mol.